The highest BCUT2D eigenvalue weighted by Crippen LogP contribution is 2.23. The Hall–Kier alpha value is -3.13. The largest absolute Gasteiger partial charge is 0.356 e. The van der Waals surface area contributed by atoms with Crippen LogP contribution in [-0.4, -0.2) is 58.2 Å². The number of carbonyl (C=O) groups is 3. The van der Waals surface area contributed by atoms with E-state index < -0.39 is 6.04 Å². The summed E-state index contributed by atoms with van der Waals surface area (Å²) in [7, 11) is 0. The maximum Gasteiger partial charge on any atom is 0.246 e. The van der Waals surface area contributed by atoms with Gasteiger partial charge < -0.3 is 15.1 Å². The maximum absolute atomic E-state index is 13.6. The van der Waals surface area contributed by atoms with Crippen LogP contribution in [0.1, 0.15) is 23.1 Å². The molecule has 0 bridgehead atoms. The molecule has 1 aliphatic rings. The fourth-order valence-corrected chi connectivity index (χ4v) is 4.97. The van der Waals surface area contributed by atoms with Crippen LogP contribution in [-0.2, 0) is 33.8 Å². The molecule has 1 fully saturated rings. The smallest absolute Gasteiger partial charge is 0.246 e. The molecule has 1 saturated heterocycles. The quantitative estimate of drug-likeness (QED) is 0.385. The normalized spacial score (nSPS) is 15.6. The van der Waals surface area contributed by atoms with E-state index in [2.05, 4.69) is 10.3 Å². The van der Waals surface area contributed by atoms with Crippen LogP contribution in [0.2, 0.25) is 15.1 Å². The van der Waals surface area contributed by atoms with E-state index in [0.29, 0.717) is 41.0 Å². The molecule has 3 amide bonds. The van der Waals surface area contributed by atoms with E-state index in [-0.39, 0.29) is 37.2 Å². The van der Waals surface area contributed by atoms with Crippen LogP contribution in [0.25, 0.3) is 0 Å². The number of halogens is 3. The number of piperazine rings is 1. The number of amides is 3. The molecule has 38 heavy (non-hydrogen) atoms. The van der Waals surface area contributed by atoms with Crippen LogP contribution in [0.5, 0.6) is 0 Å². The minimum absolute atomic E-state index is 0.0657. The third-order valence-corrected chi connectivity index (χ3v) is 7.25. The first kappa shape index (κ1) is 27.9. The van der Waals surface area contributed by atoms with Crippen molar-refractivity contribution in [1.82, 2.24) is 20.1 Å². The summed E-state index contributed by atoms with van der Waals surface area (Å²) in [4.78, 5) is 46.7. The van der Waals surface area contributed by atoms with Gasteiger partial charge in [-0.2, -0.15) is 0 Å². The maximum atomic E-state index is 13.6. The molecule has 3 aromatic rings. The van der Waals surface area contributed by atoms with Crippen molar-refractivity contribution < 1.29 is 14.4 Å². The number of aromatic nitrogens is 1. The summed E-state index contributed by atoms with van der Waals surface area (Å²) in [6.07, 6.45) is 4.21. The van der Waals surface area contributed by atoms with Gasteiger partial charge in [-0.05, 0) is 65.9 Å². The molecule has 10 heteroatoms. The Morgan fingerprint density at radius 1 is 0.921 bits per heavy atom. The van der Waals surface area contributed by atoms with Crippen LogP contribution in [0, 0.1) is 0 Å². The van der Waals surface area contributed by atoms with Crippen LogP contribution in [0.3, 0.4) is 0 Å². The van der Waals surface area contributed by atoms with E-state index >= 15 is 0 Å². The molecule has 0 aliphatic carbocycles. The highest BCUT2D eigenvalue weighted by atomic mass is 35.5. The van der Waals surface area contributed by atoms with Gasteiger partial charge in [-0.3, -0.25) is 19.4 Å². The Balaban J connectivity index is 1.44. The van der Waals surface area contributed by atoms with Gasteiger partial charge in [0, 0.05) is 47.1 Å². The lowest BCUT2D eigenvalue weighted by Gasteiger charge is -2.40. The van der Waals surface area contributed by atoms with E-state index in [4.69, 9.17) is 34.8 Å². The molecule has 1 atom stereocenters. The van der Waals surface area contributed by atoms with Gasteiger partial charge in [-0.1, -0.05) is 53.0 Å². The lowest BCUT2D eigenvalue weighted by atomic mass is 10.0. The Bertz CT molecular complexity index is 1290. The predicted octanol–water partition coefficient (Wildman–Crippen LogP) is 4.57. The Morgan fingerprint density at radius 2 is 1.63 bits per heavy atom. The van der Waals surface area contributed by atoms with Crippen molar-refractivity contribution >= 4 is 52.5 Å². The molecule has 1 unspecified atom stereocenters. The zero-order chi connectivity index (χ0) is 27.1. The minimum Gasteiger partial charge on any atom is -0.356 e. The third kappa shape index (κ3) is 7.47. The molecule has 7 nitrogen and oxygen atoms in total. The summed E-state index contributed by atoms with van der Waals surface area (Å²) >= 11 is 18.2. The fourth-order valence-electron chi connectivity index (χ4n) is 4.34. The first-order chi connectivity index (χ1) is 18.3. The number of carbonyl (C=O) groups excluding carboxylic acids is 3. The van der Waals surface area contributed by atoms with Gasteiger partial charge >= 0.3 is 0 Å². The SMILES string of the molecule is O=C(CC1C(=O)N(CCc2ccc(Cl)cc2Cl)CC(=O)N1Cc1ccncc1)NCCc1ccc(Cl)cc1. The fraction of sp³-hybridized carbons (Fsp3) is 0.286. The molecule has 2 heterocycles. The van der Waals surface area contributed by atoms with Crippen molar-refractivity contribution in [3.8, 4) is 0 Å². The van der Waals surface area contributed by atoms with Crippen LogP contribution < -0.4 is 5.32 Å². The molecule has 1 aliphatic heterocycles. The Labute approximate surface area is 236 Å². The number of pyridine rings is 1. The van der Waals surface area contributed by atoms with Crippen molar-refractivity contribution in [2.45, 2.75) is 31.8 Å². The number of nitrogens with zero attached hydrogens (tertiary/aromatic N) is 3. The predicted molar refractivity (Wildman–Crippen MR) is 148 cm³/mol. The summed E-state index contributed by atoms with van der Waals surface area (Å²) in [5, 5.41) is 4.56. The summed E-state index contributed by atoms with van der Waals surface area (Å²) < 4.78 is 0. The average Bonchev–Trinajstić information content (AvgIpc) is 2.90. The van der Waals surface area contributed by atoms with E-state index in [9.17, 15) is 14.4 Å². The molecule has 1 aromatic heterocycles. The molecular formula is C28H27Cl3N4O3. The lowest BCUT2D eigenvalue weighted by molar-refractivity contribution is -0.157. The number of benzene rings is 2. The molecule has 198 valence electrons. The van der Waals surface area contributed by atoms with Crippen molar-refractivity contribution in [3.63, 3.8) is 0 Å². The third-order valence-electron chi connectivity index (χ3n) is 6.42. The van der Waals surface area contributed by atoms with Crippen LogP contribution in [0.15, 0.2) is 67.0 Å². The van der Waals surface area contributed by atoms with Crippen molar-refractivity contribution in [1.29, 1.82) is 0 Å². The van der Waals surface area contributed by atoms with E-state index in [1.807, 2.05) is 18.2 Å². The molecule has 0 spiro atoms. The molecule has 0 saturated carbocycles. The second-order valence-corrected chi connectivity index (χ2v) is 10.3. The number of nitrogens with one attached hydrogen (secondary N) is 1. The van der Waals surface area contributed by atoms with Crippen molar-refractivity contribution in [2.24, 2.45) is 0 Å². The van der Waals surface area contributed by atoms with Crippen LogP contribution >= 0.6 is 34.8 Å². The molecular weight excluding hydrogens is 547 g/mol. The number of hydrogen-bond donors (Lipinski definition) is 1. The van der Waals surface area contributed by atoms with E-state index in [0.717, 1.165) is 16.7 Å². The van der Waals surface area contributed by atoms with E-state index in [1.165, 1.54) is 9.80 Å². The Morgan fingerprint density at radius 3 is 2.34 bits per heavy atom. The summed E-state index contributed by atoms with van der Waals surface area (Å²) in [5.41, 5.74) is 2.69. The van der Waals surface area contributed by atoms with Gasteiger partial charge in [-0.25, -0.2) is 0 Å². The molecule has 4 rings (SSSR count). The zero-order valence-corrected chi connectivity index (χ0v) is 22.8. The number of hydrogen-bond acceptors (Lipinski definition) is 4. The summed E-state index contributed by atoms with van der Waals surface area (Å²) in [6, 6.07) is 15.3. The second-order valence-electron chi connectivity index (χ2n) is 9.07. The highest BCUT2D eigenvalue weighted by molar-refractivity contribution is 6.35. The monoisotopic (exact) mass is 572 g/mol. The standard InChI is InChI=1S/C28H27Cl3N4O3/c29-22-4-1-19(2-5-22)9-13-33-26(36)16-25-28(38)34(14-10-21-3-6-23(30)15-24(21)31)18-27(37)35(25)17-20-7-11-32-12-8-20/h1-8,11-12,15,25H,9-10,13-14,16-18H2,(H,33,36). The molecule has 0 radical (unpaired) electrons. The van der Waals surface area contributed by atoms with Gasteiger partial charge in [0.2, 0.25) is 17.7 Å². The summed E-state index contributed by atoms with van der Waals surface area (Å²) in [6.45, 7) is 0.846. The zero-order valence-electron chi connectivity index (χ0n) is 20.6. The summed E-state index contributed by atoms with van der Waals surface area (Å²) in [5.74, 6) is -0.786. The first-order valence-electron chi connectivity index (χ1n) is 12.2. The van der Waals surface area contributed by atoms with Crippen molar-refractivity contribution in [3.05, 3.63) is 98.7 Å². The van der Waals surface area contributed by atoms with Gasteiger partial charge in [0.1, 0.15) is 6.04 Å². The van der Waals surface area contributed by atoms with Gasteiger partial charge in [0.15, 0.2) is 0 Å². The minimum atomic E-state index is -0.916. The topological polar surface area (TPSA) is 82.6 Å². The lowest BCUT2D eigenvalue weighted by Crippen LogP contribution is -2.60. The first-order valence-corrected chi connectivity index (χ1v) is 13.4. The molecule has 2 aromatic carbocycles. The number of rotatable bonds is 10. The van der Waals surface area contributed by atoms with Gasteiger partial charge in [0.05, 0.1) is 13.0 Å². The van der Waals surface area contributed by atoms with E-state index in [1.54, 1.807) is 48.8 Å². The van der Waals surface area contributed by atoms with Crippen molar-refractivity contribution in [2.75, 3.05) is 19.6 Å². The van der Waals surface area contributed by atoms with Gasteiger partial charge in [-0.15, -0.1) is 0 Å². The second kappa shape index (κ2) is 13.1. The molecule has 1 N–H and O–H groups in total. The van der Waals surface area contributed by atoms with Crippen LogP contribution in [0.4, 0.5) is 0 Å². The van der Waals surface area contributed by atoms with Gasteiger partial charge in [0.25, 0.3) is 0 Å². The Kier molecular flexibility index (Phi) is 9.61. The average molecular weight is 574 g/mol. The highest BCUT2D eigenvalue weighted by Gasteiger charge is 2.40.